The van der Waals surface area contributed by atoms with Gasteiger partial charge in [0.1, 0.15) is 5.82 Å². The lowest BCUT2D eigenvalue weighted by atomic mass is 10.1. The highest BCUT2D eigenvalue weighted by molar-refractivity contribution is 6.09. The topological polar surface area (TPSA) is 116 Å². The normalized spacial score (nSPS) is 10.6. The first-order chi connectivity index (χ1) is 18.7. The van der Waals surface area contributed by atoms with Gasteiger partial charge in [0, 0.05) is 11.4 Å². The maximum absolute atomic E-state index is 12.9. The number of benzene rings is 4. The Morgan fingerprint density at radius 1 is 0.795 bits per heavy atom. The summed E-state index contributed by atoms with van der Waals surface area (Å²) in [6, 6.07) is 26.6. The summed E-state index contributed by atoms with van der Waals surface area (Å²) in [4.78, 5) is 29.7. The number of nitrogens with one attached hydrogen (secondary N) is 1. The molecule has 5 N–H and O–H groups in total. The molecular weight excluding hydrogens is 486 g/mol. The Labute approximate surface area is 228 Å². The van der Waals surface area contributed by atoms with Crippen molar-refractivity contribution < 1.29 is 4.79 Å². The van der Waals surface area contributed by atoms with Crippen LogP contribution < -0.4 is 22.3 Å². The smallest absolute Gasteiger partial charge is 0.266 e. The molecule has 7 nitrogen and oxygen atoms in total. The molecule has 1 amide bonds. The van der Waals surface area contributed by atoms with Crippen LogP contribution in [0.5, 0.6) is 0 Å². The number of nitrogens with two attached hydrogens (primary N) is 2. The summed E-state index contributed by atoms with van der Waals surface area (Å²) in [7, 11) is 0. The molecule has 5 aromatic rings. The van der Waals surface area contributed by atoms with E-state index in [4.69, 9.17) is 11.5 Å². The summed E-state index contributed by atoms with van der Waals surface area (Å²) in [5.74, 6) is 0.410. The van der Waals surface area contributed by atoms with Crippen molar-refractivity contribution in [1.82, 2.24) is 9.55 Å². The first kappa shape index (κ1) is 27.3. The molecule has 0 bridgehead atoms. The van der Waals surface area contributed by atoms with Gasteiger partial charge in [-0.2, -0.15) is 0 Å². The Kier molecular flexibility index (Phi) is 8.22. The zero-order valence-corrected chi connectivity index (χ0v) is 22.7. The van der Waals surface area contributed by atoms with Gasteiger partial charge in [-0.15, -0.1) is 0 Å². The second-order valence-electron chi connectivity index (χ2n) is 9.44. The van der Waals surface area contributed by atoms with E-state index in [9.17, 15) is 9.59 Å². The lowest BCUT2D eigenvalue weighted by molar-refractivity contribution is 0.102. The molecule has 0 aliphatic carbocycles. The number of hydrogen-bond donors (Lipinski definition) is 3. The molecule has 1 heterocycles. The highest BCUT2D eigenvalue weighted by Gasteiger charge is 2.15. The first-order valence-electron chi connectivity index (χ1n) is 12.7. The largest absolute Gasteiger partial charge is 0.398 e. The van der Waals surface area contributed by atoms with Gasteiger partial charge in [-0.3, -0.25) is 14.2 Å². The van der Waals surface area contributed by atoms with Crippen molar-refractivity contribution in [2.75, 3.05) is 11.1 Å². The third kappa shape index (κ3) is 5.73. The molecule has 7 heteroatoms. The van der Waals surface area contributed by atoms with E-state index >= 15 is 0 Å². The van der Waals surface area contributed by atoms with Crippen molar-refractivity contribution in [3.63, 3.8) is 0 Å². The number of carbonyl (C=O) groups excluding carboxylic acids is 1. The minimum atomic E-state index is -0.167. The summed E-state index contributed by atoms with van der Waals surface area (Å²) >= 11 is 0. The maximum Gasteiger partial charge on any atom is 0.266 e. The van der Waals surface area contributed by atoms with Gasteiger partial charge in [0.25, 0.3) is 11.5 Å². The van der Waals surface area contributed by atoms with Crippen LogP contribution in [0.15, 0.2) is 89.7 Å². The summed E-state index contributed by atoms with van der Waals surface area (Å²) in [5.41, 5.74) is 18.8. The molecular formula is C32H33N5O2. The number of hydrogen-bond acceptors (Lipinski definition) is 5. The molecule has 198 valence electrons. The molecule has 1 aromatic heterocycles. The number of fused-ring (bicyclic) bond motifs is 1. The minimum Gasteiger partial charge on any atom is -0.398 e. The quantitative estimate of drug-likeness (QED) is 0.267. The van der Waals surface area contributed by atoms with E-state index in [1.54, 1.807) is 10.6 Å². The number of rotatable bonds is 4. The molecule has 0 fully saturated rings. The minimum absolute atomic E-state index is 0.0622. The van der Waals surface area contributed by atoms with Crippen molar-refractivity contribution in [3.05, 3.63) is 129 Å². The molecule has 0 aliphatic rings. The predicted octanol–water partition coefficient (Wildman–Crippen LogP) is 5.60. The van der Waals surface area contributed by atoms with Gasteiger partial charge < -0.3 is 16.8 Å². The summed E-state index contributed by atoms with van der Waals surface area (Å²) in [6.45, 7) is 7.95. The number of amides is 1. The monoisotopic (exact) mass is 519 g/mol. The molecule has 0 spiro atoms. The van der Waals surface area contributed by atoms with E-state index in [0.29, 0.717) is 28.0 Å². The van der Waals surface area contributed by atoms with Crippen LogP contribution in [0.25, 0.3) is 16.6 Å². The number of nitrogen functional groups attached to an aromatic ring is 1. The van der Waals surface area contributed by atoms with Crippen molar-refractivity contribution in [2.45, 2.75) is 34.2 Å². The molecule has 0 saturated heterocycles. The third-order valence-electron chi connectivity index (χ3n) is 6.64. The average molecular weight is 520 g/mol. The van der Waals surface area contributed by atoms with Gasteiger partial charge in [0.05, 0.1) is 28.7 Å². The van der Waals surface area contributed by atoms with Crippen molar-refractivity contribution in [2.24, 2.45) is 5.73 Å². The number of aryl methyl sites for hydroxylation is 4. The molecule has 0 aliphatic heterocycles. The fourth-order valence-electron chi connectivity index (χ4n) is 4.54. The fraction of sp³-hybridized carbons (Fsp3) is 0.156. The highest BCUT2D eigenvalue weighted by atomic mass is 16.1. The number of nitrogens with zero attached hydrogens (tertiary/aromatic N) is 2. The molecule has 5 rings (SSSR count). The standard InChI is InChI=1S/C17H17N3O.C15H16N2O/c1-11-6-3-4-9-14(11)20-15(10-18)19-13-8-5-7-12(2)16(13)17(20)21;1-10-6-3-4-9-13(10)17-15(18)14-11(2)7-5-8-12(14)16/h3-9H,10,18H2,1-2H3;3-9H,16H2,1-2H3,(H,17,18). The van der Waals surface area contributed by atoms with Crippen molar-refractivity contribution >= 4 is 28.2 Å². The average Bonchev–Trinajstić information content (AvgIpc) is 2.91. The van der Waals surface area contributed by atoms with E-state index in [0.717, 1.165) is 33.6 Å². The molecule has 0 atom stereocenters. The Morgan fingerprint density at radius 2 is 1.41 bits per heavy atom. The SMILES string of the molecule is Cc1ccccc1-n1c(CN)nc2cccc(C)c2c1=O.Cc1ccccc1NC(=O)c1c(C)cccc1N. The van der Waals surface area contributed by atoms with E-state index in [2.05, 4.69) is 10.3 Å². The van der Waals surface area contributed by atoms with Gasteiger partial charge in [-0.05, 0) is 74.2 Å². The lowest BCUT2D eigenvalue weighted by Gasteiger charge is -2.15. The molecule has 0 radical (unpaired) electrons. The fourth-order valence-corrected chi connectivity index (χ4v) is 4.54. The molecule has 39 heavy (non-hydrogen) atoms. The van der Waals surface area contributed by atoms with Crippen LogP contribution in [-0.4, -0.2) is 15.5 Å². The van der Waals surface area contributed by atoms with Crippen molar-refractivity contribution in [3.8, 4) is 5.69 Å². The van der Waals surface area contributed by atoms with Crippen LogP contribution in [0.3, 0.4) is 0 Å². The van der Waals surface area contributed by atoms with Gasteiger partial charge in [-0.25, -0.2) is 4.98 Å². The van der Waals surface area contributed by atoms with Gasteiger partial charge >= 0.3 is 0 Å². The lowest BCUT2D eigenvalue weighted by Crippen LogP contribution is -2.26. The summed E-state index contributed by atoms with van der Waals surface area (Å²) in [5, 5.41) is 3.54. The molecule has 4 aromatic carbocycles. The number of anilines is 2. The van der Waals surface area contributed by atoms with E-state index < -0.39 is 0 Å². The second-order valence-corrected chi connectivity index (χ2v) is 9.44. The molecule has 0 saturated carbocycles. The van der Waals surface area contributed by atoms with Crippen molar-refractivity contribution in [1.29, 1.82) is 0 Å². The highest BCUT2D eigenvalue weighted by Crippen LogP contribution is 2.20. The second kappa shape index (κ2) is 11.8. The van der Waals surface area contributed by atoms with Crippen LogP contribution >= 0.6 is 0 Å². The third-order valence-corrected chi connectivity index (χ3v) is 6.64. The van der Waals surface area contributed by atoms with Crippen LogP contribution in [0, 0.1) is 27.7 Å². The van der Waals surface area contributed by atoms with Crippen LogP contribution in [0.2, 0.25) is 0 Å². The summed E-state index contributed by atoms with van der Waals surface area (Å²) in [6.07, 6.45) is 0. The van der Waals surface area contributed by atoms with Crippen LogP contribution in [-0.2, 0) is 6.54 Å². The van der Waals surface area contributed by atoms with Gasteiger partial charge in [-0.1, -0.05) is 60.7 Å². The van der Waals surface area contributed by atoms with Crippen LogP contribution in [0.4, 0.5) is 11.4 Å². The Morgan fingerprint density at radius 3 is 2.08 bits per heavy atom. The first-order valence-corrected chi connectivity index (χ1v) is 12.7. The number of para-hydroxylation sites is 2. The van der Waals surface area contributed by atoms with E-state index in [-0.39, 0.29) is 18.0 Å². The molecule has 0 unspecified atom stereocenters. The number of aromatic nitrogens is 2. The van der Waals surface area contributed by atoms with Gasteiger partial charge in [0.15, 0.2) is 0 Å². The zero-order valence-electron chi connectivity index (χ0n) is 22.7. The van der Waals surface area contributed by atoms with E-state index in [1.807, 2.05) is 107 Å². The van der Waals surface area contributed by atoms with Crippen LogP contribution in [0.1, 0.15) is 38.4 Å². The Hall–Kier alpha value is -4.75. The zero-order chi connectivity index (χ0) is 28.1. The predicted molar refractivity (Wildman–Crippen MR) is 159 cm³/mol. The number of carbonyl (C=O) groups is 1. The van der Waals surface area contributed by atoms with Gasteiger partial charge in [0.2, 0.25) is 0 Å². The summed E-state index contributed by atoms with van der Waals surface area (Å²) < 4.78 is 1.63. The Balaban J connectivity index is 0.000000183. The van der Waals surface area contributed by atoms with E-state index in [1.165, 1.54) is 0 Å². The Bertz CT molecular complexity index is 1700. The maximum atomic E-state index is 12.9.